The van der Waals surface area contributed by atoms with Gasteiger partial charge >= 0.3 is 0 Å². The van der Waals surface area contributed by atoms with Crippen LogP contribution in [0.2, 0.25) is 0 Å². The Morgan fingerprint density at radius 3 is 2.91 bits per heavy atom. The summed E-state index contributed by atoms with van der Waals surface area (Å²) in [6.07, 6.45) is 6.03. The van der Waals surface area contributed by atoms with Gasteiger partial charge in [-0.2, -0.15) is 14.5 Å². The molecule has 34 heavy (non-hydrogen) atoms. The minimum Gasteiger partial charge on any atom is -0.392 e. The Morgan fingerprint density at radius 2 is 2.12 bits per heavy atom. The van der Waals surface area contributed by atoms with E-state index in [1.54, 1.807) is 0 Å². The molecule has 0 bridgehead atoms. The van der Waals surface area contributed by atoms with Gasteiger partial charge in [0, 0.05) is 29.8 Å². The van der Waals surface area contributed by atoms with Crippen LogP contribution < -0.4 is 15.5 Å². The normalized spacial score (nSPS) is 23.1. The maximum absolute atomic E-state index is 13.1. The fourth-order valence-electron chi connectivity index (χ4n) is 4.83. The van der Waals surface area contributed by atoms with E-state index in [2.05, 4.69) is 25.8 Å². The smallest absolute Gasteiger partial charge is 0.247 e. The third-order valence-corrected chi connectivity index (χ3v) is 6.73. The molecule has 2 fully saturated rings. The highest BCUT2D eigenvalue weighted by atomic mass is 19.1. The minimum atomic E-state index is -0.593. The third-order valence-electron chi connectivity index (χ3n) is 6.73. The average Bonchev–Trinajstić information content (AvgIpc) is 3.29. The summed E-state index contributed by atoms with van der Waals surface area (Å²) in [6, 6.07) is 4.19. The van der Waals surface area contributed by atoms with Gasteiger partial charge in [-0.15, -0.1) is 0 Å². The molecule has 3 atom stereocenters. The largest absolute Gasteiger partial charge is 0.392 e. The number of aromatic amines is 1. The Morgan fingerprint density at radius 1 is 1.24 bits per heavy atom. The van der Waals surface area contributed by atoms with Crippen LogP contribution in [0.3, 0.4) is 0 Å². The lowest BCUT2D eigenvalue weighted by molar-refractivity contribution is -0.117. The first kappa shape index (κ1) is 21.0. The number of H-pyrrole nitrogens is 1. The third kappa shape index (κ3) is 3.96. The highest BCUT2D eigenvalue weighted by Crippen LogP contribution is 2.40. The van der Waals surface area contributed by atoms with Crippen molar-refractivity contribution < 1.29 is 14.3 Å². The molecular weight excluding hydrogens is 439 g/mol. The lowest BCUT2D eigenvalue weighted by Crippen LogP contribution is -2.40. The molecule has 1 amide bonds. The zero-order valence-corrected chi connectivity index (χ0v) is 18.5. The monoisotopic (exact) mass is 464 g/mol. The second-order valence-corrected chi connectivity index (χ2v) is 9.10. The SMILES string of the molecule is O=C(Nc1ccc(F)nc1)[C@H]1CCCN1c1nc2c(c(Nc3cc(C4CC4O)[nH]n3)n1)CCC2. The van der Waals surface area contributed by atoms with Crippen molar-refractivity contribution >= 4 is 29.2 Å². The van der Waals surface area contributed by atoms with Gasteiger partial charge in [0.15, 0.2) is 5.82 Å². The van der Waals surface area contributed by atoms with Gasteiger partial charge in [-0.1, -0.05) is 0 Å². The number of nitrogens with one attached hydrogen (secondary N) is 3. The first-order valence-electron chi connectivity index (χ1n) is 11.6. The van der Waals surface area contributed by atoms with Crippen molar-refractivity contribution in [1.29, 1.82) is 0 Å². The van der Waals surface area contributed by atoms with Gasteiger partial charge in [-0.05, 0) is 50.7 Å². The number of carbonyl (C=O) groups is 1. The van der Waals surface area contributed by atoms with E-state index in [-0.39, 0.29) is 17.9 Å². The number of hydrogen-bond acceptors (Lipinski definition) is 8. The van der Waals surface area contributed by atoms with E-state index in [1.165, 1.54) is 18.3 Å². The van der Waals surface area contributed by atoms with Gasteiger partial charge < -0.3 is 20.6 Å². The van der Waals surface area contributed by atoms with E-state index < -0.39 is 12.0 Å². The molecule has 2 aliphatic carbocycles. The van der Waals surface area contributed by atoms with Crippen molar-refractivity contribution in [3.05, 3.63) is 47.3 Å². The topological polar surface area (TPSA) is 132 Å². The Kier molecular flexibility index (Phi) is 5.13. The average molecular weight is 465 g/mol. The van der Waals surface area contributed by atoms with Crippen molar-refractivity contribution in [2.45, 2.75) is 56.6 Å². The van der Waals surface area contributed by atoms with E-state index in [4.69, 9.17) is 9.97 Å². The highest BCUT2D eigenvalue weighted by molar-refractivity contribution is 5.96. The number of pyridine rings is 1. The van der Waals surface area contributed by atoms with Gasteiger partial charge in [0.2, 0.25) is 17.8 Å². The Bertz CT molecular complexity index is 1230. The molecule has 0 radical (unpaired) electrons. The number of aromatic nitrogens is 5. The molecule has 3 aliphatic rings. The van der Waals surface area contributed by atoms with Crippen molar-refractivity contribution in [3.63, 3.8) is 0 Å². The number of hydrogen-bond donors (Lipinski definition) is 4. The number of rotatable bonds is 6. The van der Waals surface area contributed by atoms with Gasteiger partial charge in [0.1, 0.15) is 11.9 Å². The molecule has 0 spiro atoms. The van der Waals surface area contributed by atoms with Crippen molar-refractivity contribution in [1.82, 2.24) is 25.1 Å². The Hall–Kier alpha value is -3.60. The predicted octanol–water partition coefficient (Wildman–Crippen LogP) is 2.42. The van der Waals surface area contributed by atoms with Gasteiger partial charge in [-0.3, -0.25) is 9.89 Å². The van der Waals surface area contributed by atoms with E-state index in [0.717, 1.165) is 49.1 Å². The zero-order valence-electron chi connectivity index (χ0n) is 18.5. The van der Waals surface area contributed by atoms with Crippen LogP contribution in [0.25, 0.3) is 0 Å². The number of halogens is 1. The van der Waals surface area contributed by atoms with Crippen LogP contribution in [0.5, 0.6) is 0 Å². The predicted molar refractivity (Wildman–Crippen MR) is 122 cm³/mol. The summed E-state index contributed by atoms with van der Waals surface area (Å²) >= 11 is 0. The Labute approximate surface area is 195 Å². The standard InChI is InChI=1S/C23H25FN8O2/c24-19-7-6-12(11-25-19)26-22(34)17-5-2-8-32(17)23-27-15-4-1-3-13(15)21(29-23)28-20-10-16(30-31-20)14-9-18(14)33/h6-7,10-11,14,17-18,33H,1-5,8-9H2,(H,26,34)(H2,27,28,29,30,31)/t14?,17-,18?/m1/s1. The lowest BCUT2D eigenvalue weighted by atomic mass is 10.2. The number of anilines is 4. The van der Waals surface area contributed by atoms with Crippen LogP contribution in [0, 0.1) is 5.95 Å². The maximum Gasteiger partial charge on any atom is 0.247 e. The van der Waals surface area contributed by atoms with Crippen molar-refractivity contribution in [3.8, 4) is 0 Å². The molecular formula is C23H25FN8O2. The quantitative estimate of drug-likeness (QED) is 0.409. The molecule has 3 aromatic heterocycles. The second kappa shape index (κ2) is 8.32. The van der Waals surface area contributed by atoms with Crippen LogP contribution in [0.1, 0.15) is 48.6 Å². The van der Waals surface area contributed by atoms with Crippen LogP contribution in [0.4, 0.5) is 27.7 Å². The molecule has 0 aromatic carbocycles. The summed E-state index contributed by atoms with van der Waals surface area (Å²) in [4.78, 5) is 28.2. The number of amides is 1. The maximum atomic E-state index is 13.1. The van der Waals surface area contributed by atoms with E-state index >= 15 is 0 Å². The van der Waals surface area contributed by atoms with E-state index in [1.807, 2.05) is 11.0 Å². The first-order chi connectivity index (χ1) is 16.5. The Balaban J connectivity index is 1.24. The molecule has 1 saturated carbocycles. The van der Waals surface area contributed by atoms with E-state index in [9.17, 15) is 14.3 Å². The van der Waals surface area contributed by atoms with Crippen molar-refractivity contribution in [2.75, 3.05) is 22.1 Å². The molecule has 1 saturated heterocycles. The highest BCUT2D eigenvalue weighted by Gasteiger charge is 2.38. The summed E-state index contributed by atoms with van der Waals surface area (Å²) in [5.74, 6) is 1.21. The molecule has 4 N–H and O–H groups in total. The number of nitrogens with zero attached hydrogens (tertiary/aromatic N) is 5. The fraction of sp³-hybridized carbons (Fsp3) is 0.435. The number of aliphatic hydroxyl groups excluding tert-OH is 1. The second-order valence-electron chi connectivity index (χ2n) is 9.10. The van der Waals surface area contributed by atoms with Crippen molar-refractivity contribution in [2.24, 2.45) is 0 Å². The first-order valence-corrected chi connectivity index (χ1v) is 11.6. The summed E-state index contributed by atoms with van der Waals surface area (Å²) < 4.78 is 13.1. The molecule has 10 nitrogen and oxygen atoms in total. The van der Waals surface area contributed by atoms with Crippen LogP contribution in [-0.4, -0.2) is 54.9 Å². The molecule has 11 heteroatoms. The fourth-order valence-corrected chi connectivity index (χ4v) is 4.83. The van der Waals surface area contributed by atoms with Crippen LogP contribution in [0.15, 0.2) is 24.4 Å². The number of aryl methyl sites for hydroxylation is 1. The zero-order chi connectivity index (χ0) is 23.2. The molecule has 4 heterocycles. The lowest BCUT2D eigenvalue weighted by Gasteiger charge is -2.25. The van der Waals surface area contributed by atoms with Gasteiger partial charge in [-0.25, -0.2) is 9.97 Å². The molecule has 6 rings (SSSR count). The number of fused-ring (bicyclic) bond motifs is 1. The summed E-state index contributed by atoms with van der Waals surface area (Å²) in [7, 11) is 0. The molecule has 3 aromatic rings. The van der Waals surface area contributed by atoms with E-state index in [0.29, 0.717) is 36.2 Å². The van der Waals surface area contributed by atoms with Crippen LogP contribution >= 0.6 is 0 Å². The molecule has 2 unspecified atom stereocenters. The molecule has 1 aliphatic heterocycles. The summed E-state index contributed by atoms with van der Waals surface area (Å²) in [5, 5.41) is 23.2. The molecule has 176 valence electrons. The van der Waals surface area contributed by atoms with Gasteiger partial charge in [0.25, 0.3) is 0 Å². The number of aliphatic hydroxyl groups is 1. The summed E-state index contributed by atoms with van der Waals surface area (Å²) in [5.41, 5.74) is 3.44. The van der Waals surface area contributed by atoms with Gasteiger partial charge in [0.05, 0.1) is 23.7 Å². The number of carbonyl (C=O) groups excluding carboxylic acids is 1. The van der Waals surface area contributed by atoms with Crippen LogP contribution in [-0.2, 0) is 17.6 Å². The summed E-state index contributed by atoms with van der Waals surface area (Å²) in [6.45, 7) is 0.671. The minimum absolute atomic E-state index is 0.120.